The number of fused-ring (bicyclic) bond motifs is 1. The molecule has 0 bridgehead atoms. The smallest absolute Gasteiger partial charge is 0.124 e. The Bertz CT molecular complexity index is 776. The zero-order valence-electron chi connectivity index (χ0n) is 9.97. The van der Waals surface area contributed by atoms with E-state index in [0.29, 0.717) is 10.6 Å². The van der Waals surface area contributed by atoms with Gasteiger partial charge in [0, 0.05) is 10.6 Å². The zero-order valence-corrected chi connectivity index (χ0v) is 10.7. The first-order valence-electron chi connectivity index (χ1n) is 5.73. The Kier molecular flexibility index (Phi) is 2.72. The summed E-state index contributed by atoms with van der Waals surface area (Å²) in [6, 6.07) is 13.0. The van der Waals surface area contributed by atoms with Crippen molar-refractivity contribution >= 4 is 28.5 Å². The van der Waals surface area contributed by atoms with Crippen LogP contribution in [0.15, 0.2) is 48.8 Å². The third-order valence-electron chi connectivity index (χ3n) is 2.96. The molecule has 1 heterocycles. The summed E-state index contributed by atoms with van der Waals surface area (Å²) in [6.07, 6.45) is 1.71. The molecule has 0 fully saturated rings. The highest BCUT2D eigenvalue weighted by molar-refractivity contribution is 6.31. The van der Waals surface area contributed by atoms with Gasteiger partial charge in [-0.05, 0) is 30.3 Å². The molecule has 2 aromatic carbocycles. The van der Waals surface area contributed by atoms with Gasteiger partial charge >= 0.3 is 0 Å². The van der Waals surface area contributed by atoms with Gasteiger partial charge in [0.15, 0.2) is 0 Å². The standard InChI is InChI=1S/C14H11ClN4/c15-9-5-6-10(14(16)17)13(7-9)19-8-18-11-3-1-2-4-12(11)19/h1-8H,(H3,16,17). The molecule has 0 saturated heterocycles. The van der Waals surface area contributed by atoms with Gasteiger partial charge in [0.2, 0.25) is 0 Å². The molecular weight excluding hydrogens is 260 g/mol. The fourth-order valence-electron chi connectivity index (χ4n) is 2.08. The Hall–Kier alpha value is -2.33. The lowest BCUT2D eigenvalue weighted by Gasteiger charge is -2.10. The maximum atomic E-state index is 7.66. The average Bonchev–Trinajstić information content (AvgIpc) is 2.82. The summed E-state index contributed by atoms with van der Waals surface area (Å²) < 4.78 is 1.89. The molecule has 0 saturated carbocycles. The summed E-state index contributed by atoms with van der Waals surface area (Å²) in [7, 11) is 0. The summed E-state index contributed by atoms with van der Waals surface area (Å²) in [5, 5.41) is 8.25. The lowest BCUT2D eigenvalue weighted by molar-refractivity contribution is 1.08. The Morgan fingerprint density at radius 1 is 1.21 bits per heavy atom. The number of halogens is 1. The predicted octanol–water partition coefficient (Wildman–Crippen LogP) is 2.96. The summed E-state index contributed by atoms with van der Waals surface area (Å²) in [6.45, 7) is 0. The van der Waals surface area contributed by atoms with Crippen molar-refractivity contribution in [1.29, 1.82) is 5.41 Å². The topological polar surface area (TPSA) is 67.7 Å². The first-order valence-corrected chi connectivity index (χ1v) is 6.11. The number of para-hydroxylation sites is 2. The number of rotatable bonds is 2. The molecule has 0 aliphatic rings. The molecule has 0 aliphatic heterocycles. The third-order valence-corrected chi connectivity index (χ3v) is 3.20. The predicted molar refractivity (Wildman–Crippen MR) is 77.1 cm³/mol. The van der Waals surface area contributed by atoms with Gasteiger partial charge in [0.25, 0.3) is 0 Å². The van der Waals surface area contributed by atoms with Crippen LogP contribution in [0, 0.1) is 5.41 Å². The minimum Gasteiger partial charge on any atom is -0.384 e. The van der Waals surface area contributed by atoms with Crippen LogP contribution in [0.5, 0.6) is 0 Å². The van der Waals surface area contributed by atoms with Gasteiger partial charge in [-0.2, -0.15) is 0 Å². The number of nitrogen functional groups attached to an aromatic ring is 1. The van der Waals surface area contributed by atoms with Gasteiger partial charge in [-0.3, -0.25) is 9.98 Å². The summed E-state index contributed by atoms with van der Waals surface area (Å²) in [5.41, 5.74) is 8.85. The van der Waals surface area contributed by atoms with Gasteiger partial charge in [0.05, 0.1) is 16.7 Å². The van der Waals surface area contributed by atoms with Crippen molar-refractivity contribution in [2.75, 3.05) is 0 Å². The highest BCUT2D eigenvalue weighted by atomic mass is 35.5. The van der Waals surface area contributed by atoms with E-state index >= 15 is 0 Å². The molecule has 3 rings (SSSR count). The quantitative estimate of drug-likeness (QED) is 0.555. The summed E-state index contributed by atoms with van der Waals surface area (Å²) in [4.78, 5) is 4.33. The summed E-state index contributed by atoms with van der Waals surface area (Å²) in [5.74, 6) is 0.00412. The van der Waals surface area contributed by atoms with Gasteiger partial charge in [-0.1, -0.05) is 23.7 Å². The maximum absolute atomic E-state index is 7.66. The summed E-state index contributed by atoms with van der Waals surface area (Å²) >= 11 is 6.04. The minimum atomic E-state index is 0.00412. The van der Waals surface area contributed by atoms with E-state index in [1.165, 1.54) is 0 Å². The van der Waals surface area contributed by atoms with Gasteiger partial charge in [-0.15, -0.1) is 0 Å². The minimum absolute atomic E-state index is 0.00412. The van der Waals surface area contributed by atoms with Crippen molar-refractivity contribution in [3.8, 4) is 5.69 Å². The maximum Gasteiger partial charge on any atom is 0.124 e. The molecule has 19 heavy (non-hydrogen) atoms. The van der Waals surface area contributed by atoms with Gasteiger partial charge in [0.1, 0.15) is 12.2 Å². The van der Waals surface area contributed by atoms with E-state index in [1.807, 2.05) is 28.8 Å². The highest BCUT2D eigenvalue weighted by Gasteiger charge is 2.11. The van der Waals surface area contributed by atoms with Crippen molar-refractivity contribution in [2.45, 2.75) is 0 Å². The molecule has 94 valence electrons. The van der Waals surface area contributed by atoms with Crippen LogP contribution in [0.4, 0.5) is 0 Å². The molecule has 0 amide bonds. The molecule has 5 heteroatoms. The van der Waals surface area contributed by atoms with Crippen LogP contribution < -0.4 is 5.73 Å². The molecule has 4 nitrogen and oxygen atoms in total. The van der Waals surface area contributed by atoms with E-state index in [2.05, 4.69) is 4.98 Å². The Balaban J connectivity index is 2.32. The average molecular weight is 271 g/mol. The van der Waals surface area contributed by atoms with E-state index in [4.69, 9.17) is 22.7 Å². The van der Waals surface area contributed by atoms with Crippen LogP contribution in [0.2, 0.25) is 5.02 Å². The van der Waals surface area contributed by atoms with Crippen molar-refractivity contribution in [2.24, 2.45) is 5.73 Å². The second-order valence-corrected chi connectivity index (χ2v) is 4.61. The normalized spacial score (nSPS) is 10.8. The van der Waals surface area contributed by atoms with E-state index in [1.54, 1.807) is 24.5 Å². The van der Waals surface area contributed by atoms with E-state index in [0.717, 1.165) is 16.7 Å². The molecule has 0 unspecified atom stereocenters. The van der Waals surface area contributed by atoms with Crippen LogP contribution in [0.1, 0.15) is 5.56 Å². The number of hydrogen-bond acceptors (Lipinski definition) is 2. The molecule has 3 aromatic rings. The fourth-order valence-corrected chi connectivity index (χ4v) is 2.25. The number of nitrogens with zero attached hydrogens (tertiary/aromatic N) is 2. The Labute approximate surface area is 115 Å². The van der Waals surface area contributed by atoms with Crippen LogP contribution in [0.25, 0.3) is 16.7 Å². The third kappa shape index (κ3) is 1.96. The number of nitrogens with one attached hydrogen (secondary N) is 1. The van der Waals surface area contributed by atoms with Crippen LogP contribution in [-0.2, 0) is 0 Å². The highest BCUT2D eigenvalue weighted by Crippen LogP contribution is 2.23. The van der Waals surface area contributed by atoms with Crippen molar-refractivity contribution in [3.05, 3.63) is 59.4 Å². The molecule has 1 aromatic heterocycles. The molecule has 0 atom stereocenters. The van der Waals surface area contributed by atoms with E-state index in [9.17, 15) is 0 Å². The number of hydrogen-bond donors (Lipinski definition) is 2. The molecule has 0 radical (unpaired) electrons. The first-order chi connectivity index (χ1) is 9.16. The lowest BCUT2D eigenvalue weighted by Crippen LogP contribution is -2.14. The van der Waals surface area contributed by atoms with Crippen molar-refractivity contribution < 1.29 is 0 Å². The number of imidazole rings is 1. The zero-order chi connectivity index (χ0) is 13.4. The van der Waals surface area contributed by atoms with Crippen LogP contribution in [0.3, 0.4) is 0 Å². The van der Waals surface area contributed by atoms with Crippen LogP contribution >= 0.6 is 11.6 Å². The first kappa shape index (κ1) is 11.7. The van der Waals surface area contributed by atoms with Gasteiger partial charge in [-0.25, -0.2) is 4.98 Å². The monoisotopic (exact) mass is 270 g/mol. The number of nitrogens with two attached hydrogens (primary N) is 1. The van der Waals surface area contributed by atoms with Crippen molar-refractivity contribution in [1.82, 2.24) is 9.55 Å². The number of benzene rings is 2. The second kappa shape index (κ2) is 4.40. The lowest BCUT2D eigenvalue weighted by atomic mass is 10.1. The molecule has 0 aliphatic carbocycles. The largest absolute Gasteiger partial charge is 0.384 e. The van der Waals surface area contributed by atoms with E-state index in [-0.39, 0.29) is 5.84 Å². The number of aromatic nitrogens is 2. The van der Waals surface area contributed by atoms with Gasteiger partial charge < -0.3 is 5.73 Å². The Morgan fingerprint density at radius 3 is 2.79 bits per heavy atom. The second-order valence-electron chi connectivity index (χ2n) is 4.18. The Morgan fingerprint density at radius 2 is 2.00 bits per heavy atom. The van der Waals surface area contributed by atoms with Crippen LogP contribution in [-0.4, -0.2) is 15.4 Å². The molecule has 0 spiro atoms. The SMILES string of the molecule is N=C(N)c1ccc(Cl)cc1-n1cnc2ccccc21. The van der Waals surface area contributed by atoms with Crippen molar-refractivity contribution in [3.63, 3.8) is 0 Å². The fraction of sp³-hybridized carbons (Fsp3) is 0. The number of amidine groups is 1. The molecular formula is C14H11ClN4. The molecule has 3 N–H and O–H groups in total. The van der Waals surface area contributed by atoms with E-state index < -0.39 is 0 Å².